The molecule has 1 fully saturated rings. The van der Waals surface area contributed by atoms with Gasteiger partial charge in [-0.2, -0.15) is 0 Å². The lowest BCUT2D eigenvalue weighted by Gasteiger charge is -2.31. The number of fused-ring (bicyclic) bond motifs is 1. The van der Waals surface area contributed by atoms with E-state index in [9.17, 15) is 4.79 Å². The molecule has 0 saturated heterocycles. The Kier molecular flexibility index (Phi) is 3.24. The first-order chi connectivity index (χ1) is 9.34. The molecule has 1 aromatic rings. The standard InChI is InChI=1S/C17H22BrNO/c1-16(2)12-10-11(6-7-13(12)19-15(16)20)14(18)17(3)8-4-5-9-17/h6-7,10,14H,4-5,8-9H2,1-3H3,(H,19,20). The Balaban J connectivity index is 1.98. The largest absolute Gasteiger partial charge is 0.325 e. The molecule has 2 aliphatic rings. The van der Waals surface area contributed by atoms with Crippen LogP contribution in [0.1, 0.15) is 62.4 Å². The van der Waals surface area contributed by atoms with Gasteiger partial charge in [0.1, 0.15) is 0 Å². The Morgan fingerprint density at radius 2 is 1.85 bits per heavy atom. The summed E-state index contributed by atoms with van der Waals surface area (Å²) in [4.78, 5) is 12.4. The minimum Gasteiger partial charge on any atom is -0.325 e. The Labute approximate surface area is 129 Å². The SMILES string of the molecule is CC1(C)C(=O)Nc2ccc(C(Br)C3(C)CCCC3)cc21. The van der Waals surface area contributed by atoms with Crippen molar-refractivity contribution in [2.75, 3.05) is 5.32 Å². The van der Waals surface area contributed by atoms with Gasteiger partial charge >= 0.3 is 0 Å². The minimum atomic E-state index is -0.422. The summed E-state index contributed by atoms with van der Waals surface area (Å²) >= 11 is 3.92. The number of hydrogen-bond donors (Lipinski definition) is 1. The van der Waals surface area contributed by atoms with E-state index in [4.69, 9.17) is 0 Å². The fraction of sp³-hybridized carbons (Fsp3) is 0.588. The number of carbonyl (C=O) groups excluding carboxylic acids is 1. The molecule has 1 saturated carbocycles. The quantitative estimate of drug-likeness (QED) is 0.762. The van der Waals surface area contributed by atoms with E-state index >= 15 is 0 Å². The van der Waals surface area contributed by atoms with Crippen molar-refractivity contribution in [1.82, 2.24) is 0 Å². The van der Waals surface area contributed by atoms with Gasteiger partial charge in [0.2, 0.25) is 5.91 Å². The van der Waals surface area contributed by atoms with Crippen LogP contribution in [0.3, 0.4) is 0 Å². The molecule has 0 spiro atoms. The molecular weight excluding hydrogens is 314 g/mol. The lowest BCUT2D eigenvalue weighted by Crippen LogP contribution is -2.27. The molecule has 1 aliphatic carbocycles. The van der Waals surface area contributed by atoms with Gasteiger partial charge in [-0.1, -0.05) is 47.8 Å². The maximum Gasteiger partial charge on any atom is 0.234 e. The third kappa shape index (κ3) is 2.02. The molecule has 1 aromatic carbocycles. The van der Waals surface area contributed by atoms with Gasteiger partial charge in [0, 0.05) is 10.5 Å². The van der Waals surface area contributed by atoms with E-state index in [0.29, 0.717) is 10.2 Å². The molecule has 0 aromatic heterocycles. The fourth-order valence-electron chi connectivity index (χ4n) is 3.58. The average Bonchev–Trinajstić information content (AvgIpc) is 2.94. The van der Waals surface area contributed by atoms with E-state index in [-0.39, 0.29) is 5.91 Å². The van der Waals surface area contributed by atoms with E-state index in [1.165, 1.54) is 31.2 Å². The molecule has 108 valence electrons. The summed E-state index contributed by atoms with van der Waals surface area (Å²) in [6.07, 6.45) is 5.21. The number of amides is 1. The highest BCUT2D eigenvalue weighted by Gasteiger charge is 2.40. The maximum absolute atomic E-state index is 12.0. The molecule has 2 nitrogen and oxygen atoms in total. The van der Waals surface area contributed by atoms with Crippen LogP contribution in [0, 0.1) is 5.41 Å². The second-order valence-electron chi connectivity index (χ2n) is 7.11. The van der Waals surface area contributed by atoms with Crippen molar-refractivity contribution in [3.63, 3.8) is 0 Å². The molecule has 1 heterocycles. The molecule has 0 bridgehead atoms. The number of anilines is 1. The normalized spacial score (nSPS) is 24.3. The maximum atomic E-state index is 12.0. The summed E-state index contributed by atoms with van der Waals surface area (Å²) in [5, 5.41) is 2.98. The first kappa shape index (κ1) is 14.1. The topological polar surface area (TPSA) is 29.1 Å². The molecule has 0 radical (unpaired) electrons. The molecule has 1 unspecified atom stereocenters. The first-order valence-corrected chi connectivity index (χ1v) is 8.36. The van der Waals surface area contributed by atoms with Gasteiger partial charge in [-0.05, 0) is 49.3 Å². The van der Waals surface area contributed by atoms with Crippen LogP contribution in [0.5, 0.6) is 0 Å². The van der Waals surface area contributed by atoms with Crippen LogP contribution in [-0.4, -0.2) is 5.91 Å². The second-order valence-corrected chi connectivity index (χ2v) is 8.02. The van der Waals surface area contributed by atoms with Crippen LogP contribution in [0.25, 0.3) is 0 Å². The van der Waals surface area contributed by atoms with Crippen LogP contribution in [-0.2, 0) is 10.2 Å². The predicted molar refractivity (Wildman–Crippen MR) is 86.3 cm³/mol. The van der Waals surface area contributed by atoms with Gasteiger partial charge in [0.25, 0.3) is 0 Å². The Morgan fingerprint density at radius 1 is 1.20 bits per heavy atom. The smallest absolute Gasteiger partial charge is 0.234 e. The minimum absolute atomic E-state index is 0.0999. The molecule has 1 N–H and O–H groups in total. The van der Waals surface area contributed by atoms with Crippen molar-refractivity contribution in [1.29, 1.82) is 0 Å². The zero-order valence-electron chi connectivity index (χ0n) is 12.4. The molecular formula is C17H22BrNO. The summed E-state index contributed by atoms with van der Waals surface area (Å²) in [7, 11) is 0. The summed E-state index contributed by atoms with van der Waals surface area (Å²) in [6, 6.07) is 6.43. The molecule has 1 amide bonds. The summed E-state index contributed by atoms with van der Waals surface area (Å²) in [6.45, 7) is 6.37. The summed E-state index contributed by atoms with van der Waals surface area (Å²) in [5.74, 6) is 0.0999. The molecule has 1 atom stereocenters. The Bertz CT molecular complexity index is 558. The van der Waals surface area contributed by atoms with Crippen molar-refractivity contribution >= 4 is 27.5 Å². The molecule has 1 aliphatic heterocycles. The van der Waals surface area contributed by atoms with Crippen molar-refractivity contribution in [3.8, 4) is 0 Å². The number of carbonyl (C=O) groups is 1. The number of benzene rings is 1. The number of rotatable bonds is 2. The summed E-state index contributed by atoms with van der Waals surface area (Å²) < 4.78 is 0. The van der Waals surface area contributed by atoms with Crippen LogP contribution in [0.2, 0.25) is 0 Å². The average molecular weight is 336 g/mol. The van der Waals surface area contributed by atoms with Gasteiger partial charge < -0.3 is 5.32 Å². The first-order valence-electron chi connectivity index (χ1n) is 7.44. The van der Waals surface area contributed by atoms with Crippen LogP contribution in [0.15, 0.2) is 18.2 Å². The van der Waals surface area contributed by atoms with Gasteiger partial charge in [-0.25, -0.2) is 0 Å². The highest BCUT2D eigenvalue weighted by atomic mass is 79.9. The van der Waals surface area contributed by atoms with Gasteiger partial charge in [-0.3, -0.25) is 4.79 Å². The summed E-state index contributed by atoms with van der Waals surface area (Å²) in [5.41, 5.74) is 3.33. The number of hydrogen-bond acceptors (Lipinski definition) is 1. The second kappa shape index (κ2) is 4.59. The number of halogens is 1. The molecule has 3 heteroatoms. The van der Waals surface area contributed by atoms with E-state index in [1.807, 2.05) is 13.8 Å². The van der Waals surface area contributed by atoms with E-state index in [1.54, 1.807) is 0 Å². The predicted octanol–water partition coefficient (Wildman–Crippen LogP) is 4.93. The fourth-order valence-corrected chi connectivity index (χ4v) is 4.33. The van der Waals surface area contributed by atoms with Crippen LogP contribution in [0.4, 0.5) is 5.69 Å². The lowest BCUT2D eigenvalue weighted by atomic mass is 9.79. The Morgan fingerprint density at radius 3 is 2.50 bits per heavy atom. The monoisotopic (exact) mass is 335 g/mol. The van der Waals surface area contributed by atoms with Gasteiger partial charge in [-0.15, -0.1) is 0 Å². The highest BCUT2D eigenvalue weighted by molar-refractivity contribution is 9.09. The van der Waals surface area contributed by atoms with Crippen molar-refractivity contribution < 1.29 is 4.79 Å². The lowest BCUT2D eigenvalue weighted by molar-refractivity contribution is -0.119. The van der Waals surface area contributed by atoms with E-state index < -0.39 is 5.41 Å². The van der Waals surface area contributed by atoms with Crippen molar-refractivity contribution in [2.24, 2.45) is 5.41 Å². The number of nitrogens with one attached hydrogen (secondary N) is 1. The Hall–Kier alpha value is -0.830. The van der Waals surface area contributed by atoms with E-state index in [0.717, 1.165) is 11.3 Å². The number of alkyl halides is 1. The van der Waals surface area contributed by atoms with E-state index in [2.05, 4.69) is 46.4 Å². The zero-order chi connectivity index (χ0) is 14.5. The third-order valence-corrected chi connectivity index (χ3v) is 6.82. The molecule has 3 rings (SSSR count). The van der Waals surface area contributed by atoms with Crippen molar-refractivity contribution in [2.45, 2.75) is 56.7 Å². The van der Waals surface area contributed by atoms with Crippen molar-refractivity contribution in [3.05, 3.63) is 29.3 Å². The van der Waals surface area contributed by atoms with Crippen LogP contribution < -0.4 is 5.32 Å². The van der Waals surface area contributed by atoms with Crippen LogP contribution >= 0.6 is 15.9 Å². The van der Waals surface area contributed by atoms with Gasteiger partial charge in [0.05, 0.1) is 5.41 Å². The van der Waals surface area contributed by atoms with Gasteiger partial charge in [0.15, 0.2) is 0 Å². The third-order valence-electron chi connectivity index (χ3n) is 5.18. The molecule has 20 heavy (non-hydrogen) atoms. The highest BCUT2D eigenvalue weighted by Crippen LogP contribution is 2.52. The zero-order valence-corrected chi connectivity index (χ0v) is 14.0.